The molecule has 0 radical (unpaired) electrons. The molecule has 1 aromatic rings. The quantitative estimate of drug-likeness (QED) is 0.863. The van der Waals surface area contributed by atoms with Gasteiger partial charge < -0.3 is 5.11 Å². The zero-order valence-corrected chi connectivity index (χ0v) is 9.74. The predicted molar refractivity (Wildman–Crippen MR) is 56.0 cm³/mol. The number of halogens is 3. The number of aromatic carboxylic acids is 1. The van der Waals surface area contributed by atoms with Crippen molar-refractivity contribution in [2.75, 3.05) is 0 Å². The lowest BCUT2D eigenvalue weighted by Crippen LogP contribution is -1.95. The molecule has 2 nitrogen and oxygen atoms in total. The van der Waals surface area contributed by atoms with Gasteiger partial charge in [-0.2, -0.15) is 0 Å². The van der Waals surface area contributed by atoms with Crippen molar-refractivity contribution in [2.24, 2.45) is 0 Å². The lowest BCUT2D eigenvalue weighted by Gasteiger charge is -1.96. The van der Waals surface area contributed by atoms with Crippen LogP contribution in [0.15, 0.2) is 27.1 Å². The molecule has 0 atom stereocenters. The summed E-state index contributed by atoms with van der Waals surface area (Å²) in [6.07, 6.45) is 0. The molecule has 0 saturated heterocycles. The smallest absolute Gasteiger partial charge is 0.335 e. The summed E-state index contributed by atoms with van der Waals surface area (Å²) >= 11 is 6.38. The predicted octanol–water partition coefficient (Wildman–Crippen LogP) is 3.33. The molecule has 5 heteroatoms. The van der Waals surface area contributed by atoms with E-state index in [0.717, 1.165) is 8.95 Å². The average molecular weight is 316 g/mol. The lowest BCUT2D eigenvalue weighted by molar-refractivity contribution is 0.0696. The minimum absolute atomic E-state index is 0. The third-order valence-electron chi connectivity index (χ3n) is 1.11. The van der Waals surface area contributed by atoms with Gasteiger partial charge in [-0.3, -0.25) is 0 Å². The van der Waals surface area contributed by atoms with E-state index in [1.807, 2.05) is 0 Å². The number of carbonyl (C=O) groups is 1. The van der Waals surface area contributed by atoms with Gasteiger partial charge in [0.2, 0.25) is 0 Å². The van der Waals surface area contributed by atoms with Crippen molar-refractivity contribution in [1.29, 1.82) is 0 Å². The summed E-state index contributed by atoms with van der Waals surface area (Å²) in [5, 5.41) is 8.59. The van der Waals surface area contributed by atoms with E-state index in [9.17, 15) is 4.79 Å². The van der Waals surface area contributed by atoms with Crippen LogP contribution in [-0.4, -0.2) is 11.1 Å². The Morgan fingerprint density at radius 2 is 1.58 bits per heavy atom. The molecule has 0 aliphatic rings. The summed E-state index contributed by atoms with van der Waals surface area (Å²) in [5.74, 6) is -0.924. The zero-order valence-electron chi connectivity index (χ0n) is 5.75. The Bertz CT molecular complexity index is 281. The van der Waals surface area contributed by atoms with E-state index in [4.69, 9.17) is 5.11 Å². The van der Waals surface area contributed by atoms with Crippen molar-refractivity contribution in [3.63, 3.8) is 0 Å². The first-order valence-electron chi connectivity index (χ1n) is 2.79. The van der Waals surface area contributed by atoms with E-state index in [0.29, 0.717) is 0 Å². The van der Waals surface area contributed by atoms with Gasteiger partial charge in [-0.05, 0) is 18.2 Å². The third kappa shape index (κ3) is 3.13. The van der Waals surface area contributed by atoms with Crippen LogP contribution in [0, 0.1) is 0 Å². The summed E-state index contributed by atoms with van der Waals surface area (Å²) in [6, 6.07) is 4.88. The van der Waals surface area contributed by atoms with E-state index < -0.39 is 5.97 Å². The second kappa shape index (κ2) is 4.84. The number of benzene rings is 1. The number of hydrogen-bond donors (Lipinski definition) is 1. The van der Waals surface area contributed by atoms with Crippen LogP contribution < -0.4 is 0 Å². The second-order valence-electron chi connectivity index (χ2n) is 1.96. The Balaban J connectivity index is 0.00000121. The normalized spacial score (nSPS) is 8.83. The number of carboxylic acids is 1. The van der Waals surface area contributed by atoms with Crippen molar-refractivity contribution in [3.05, 3.63) is 32.7 Å². The van der Waals surface area contributed by atoms with E-state index in [1.165, 1.54) is 0 Å². The lowest BCUT2D eigenvalue weighted by atomic mass is 10.2. The fraction of sp³-hybridized carbons (Fsp3) is 0. The van der Waals surface area contributed by atoms with Crippen LogP contribution in [0.4, 0.5) is 0 Å². The average Bonchev–Trinajstić information content (AvgIpc) is 1.85. The van der Waals surface area contributed by atoms with E-state index in [2.05, 4.69) is 31.9 Å². The SMILES string of the molecule is Cl.O=C(O)c1cc(Br)cc(Br)c1. The first-order valence-corrected chi connectivity index (χ1v) is 4.37. The van der Waals surface area contributed by atoms with Crippen molar-refractivity contribution < 1.29 is 9.90 Å². The standard InChI is InChI=1S/C7H4Br2O2.ClH/c8-5-1-4(7(10)11)2-6(9)3-5;/h1-3H,(H,10,11);1H. The summed E-state index contributed by atoms with van der Waals surface area (Å²) in [7, 11) is 0. The van der Waals surface area contributed by atoms with Gasteiger partial charge in [-0.25, -0.2) is 4.79 Å². The van der Waals surface area contributed by atoms with Gasteiger partial charge in [0.25, 0.3) is 0 Å². The molecule has 0 amide bonds. The Kier molecular flexibility index (Phi) is 4.82. The Labute approximate surface area is 92.6 Å². The Hall–Kier alpha value is -0.0600. The van der Waals surface area contributed by atoms with Crippen LogP contribution in [0.1, 0.15) is 10.4 Å². The molecule has 0 aliphatic carbocycles. The zero-order chi connectivity index (χ0) is 8.43. The molecular weight excluding hydrogens is 311 g/mol. The molecule has 0 unspecified atom stereocenters. The molecule has 1 aromatic carbocycles. The fourth-order valence-corrected chi connectivity index (χ4v) is 1.97. The molecule has 0 aliphatic heterocycles. The van der Waals surface area contributed by atoms with Crippen molar-refractivity contribution in [2.45, 2.75) is 0 Å². The molecule has 0 spiro atoms. The third-order valence-corrected chi connectivity index (χ3v) is 2.03. The highest BCUT2D eigenvalue weighted by atomic mass is 79.9. The monoisotopic (exact) mass is 314 g/mol. The van der Waals surface area contributed by atoms with Crippen molar-refractivity contribution in [1.82, 2.24) is 0 Å². The fourth-order valence-electron chi connectivity index (χ4n) is 0.677. The van der Waals surface area contributed by atoms with E-state index in [-0.39, 0.29) is 18.0 Å². The molecule has 1 rings (SSSR count). The summed E-state index contributed by atoms with van der Waals surface area (Å²) in [6.45, 7) is 0. The highest BCUT2D eigenvalue weighted by Crippen LogP contribution is 2.19. The van der Waals surface area contributed by atoms with Gasteiger partial charge in [0.1, 0.15) is 0 Å². The molecule has 0 heterocycles. The molecule has 0 bridgehead atoms. The van der Waals surface area contributed by atoms with Gasteiger partial charge in [-0.15, -0.1) is 12.4 Å². The van der Waals surface area contributed by atoms with Crippen LogP contribution in [0.5, 0.6) is 0 Å². The minimum Gasteiger partial charge on any atom is -0.478 e. The largest absolute Gasteiger partial charge is 0.478 e. The maximum absolute atomic E-state index is 10.5. The minimum atomic E-state index is -0.924. The van der Waals surface area contributed by atoms with Crippen LogP contribution in [0.25, 0.3) is 0 Å². The van der Waals surface area contributed by atoms with Crippen LogP contribution in [0.2, 0.25) is 0 Å². The van der Waals surface area contributed by atoms with Gasteiger partial charge in [0.05, 0.1) is 5.56 Å². The molecule has 0 aromatic heterocycles. The summed E-state index contributed by atoms with van der Waals surface area (Å²) in [5.41, 5.74) is 0.270. The van der Waals surface area contributed by atoms with Crippen LogP contribution in [-0.2, 0) is 0 Å². The first-order chi connectivity index (χ1) is 5.09. The van der Waals surface area contributed by atoms with Gasteiger partial charge in [-0.1, -0.05) is 31.9 Å². The van der Waals surface area contributed by atoms with E-state index >= 15 is 0 Å². The number of hydrogen-bond acceptors (Lipinski definition) is 1. The van der Waals surface area contributed by atoms with Crippen molar-refractivity contribution >= 4 is 50.2 Å². The highest BCUT2D eigenvalue weighted by Gasteiger charge is 2.03. The topological polar surface area (TPSA) is 37.3 Å². The van der Waals surface area contributed by atoms with Crippen LogP contribution in [0.3, 0.4) is 0 Å². The van der Waals surface area contributed by atoms with Gasteiger partial charge in [0.15, 0.2) is 0 Å². The Morgan fingerprint density at radius 1 is 1.17 bits per heavy atom. The molecule has 12 heavy (non-hydrogen) atoms. The number of rotatable bonds is 1. The van der Waals surface area contributed by atoms with Crippen molar-refractivity contribution in [3.8, 4) is 0 Å². The summed E-state index contributed by atoms with van der Waals surface area (Å²) in [4.78, 5) is 10.5. The highest BCUT2D eigenvalue weighted by molar-refractivity contribution is 9.11. The first kappa shape index (κ1) is 11.9. The maximum Gasteiger partial charge on any atom is 0.335 e. The molecule has 66 valence electrons. The van der Waals surface area contributed by atoms with E-state index in [1.54, 1.807) is 18.2 Å². The second-order valence-corrected chi connectivity index (χ2v) is 3.79. The summed E-state index contributed by atoms with van der Waals surface area (Å²) < 4.78 is 1.51. The molecule has 1 N–H and O–H groups in total. The van der Waals surface area contributed by atoms with Gasteiger partial charge in [0, 0.05) is 8.95 Å². The number of carboxylic acid groups (broad SMARTS) is 1. The maximum atomic E-state index is 10.5. The molecule has 0 fully saturated rings. The molecular formula is C7H5Br2ClO2. The van der Waals surface area contributed by atoms with Gasteiger partial charge >= 0.3 is 5.97 Å². The Morgan fingerprint density at radius 3 is 1.92 bits per heavy atom. The molecule has 0 saturated carbocycles. The van der Waals surface area contributed by atoms with Crippen LogP contribution >= 0.6 is 44.3 Å².